The predicted molar refractivity (Wildman–Crippen MR) is 70.1 cm³/mol. The van der Waals surface area contributed by atoms with Crippen LogP contribution in [0.5, 0.6) is 0 Å². The lowest BCUT2D eigenvalue weighted by molar-refractivity contribution is 0.180. The molecule has 0 bridgehead atoms. The fourth-order valence-electron chi connectivity index (χ4n) is 2.30. The van der Waals surface area contributed by atoms with Crippen LogP contribution in [0.3, 0.4) is 0 Å². The van der Waals surface area contributed by atoms with E-state index in [0.717, 1.165) is 18.2 Å². The van der Waals surface area contributed by atoms with Crippen LogP contribution in [-0.4, -0.2) is 40.5 Å². The summed E-state index contributed by atoms with van der Waals surface area (Å²) in [6, 6.07) is 2.50. The molecule has 1 unspecified atom stereocenters. The van der Waals surface area contributed by atoms with E-state index in [2.05, 4.69) is 27.1 Å². The van der Waals surface area contributed by atoms with Crippen LogP contribution in [0.15, 0.2) is 12.3 Å². The molecule has 1 aromatic rings. The smallest absolute Gasteiger partial charge is 0.129 e. The van der Waals surface area contributed by atoms with E-state index in [1.54, 1.807) is 6.20 Å². The lowest BCUT2D eigenvalue weighted by Crippen LogP contribution is -2.41. The molecule has 0 aliphatic carbocycles. The third-order valence-electron chi connectivity index (χ3n) is 3.37. The zero-order valence-electron chi connectivity index (χ0n) is 10.8. The molecule has 17 heavy (non-hydrogen) atoms. The van der Waals surface area contributed by atoms with Crippen LogP contribution >= 0.6 is 0 Å². The highest BCUT2D eigenvalue weighted by Crippen LogP contribution is 2.12. The van der Waals surface area contributed by atoms with Gasteiger partial charge in [-0.25, -0.2) is 9.97 Å². The van der Waals surface area contributed by atoms with Crippen LogP contribution in [0.25, 0.3) is 0 Å². The Labute approximate surface area is 103 Å². The van der Waals surface area contributed by atoms with E-state index in [9.17, 15) is 0 Å². The van der Waals surface area contributed by atoms with Crippen molar-refractivity contribution in [1.82, 2.24) is 14.9 Å². The molecule has 94 valence electrons. The Morgan fingerprint density at radius 2 is 2.12 bits per heavy atom. The number of anilines is 1. The quantitative estimate of drug-likeness (QED) is 0.866. The Kier molecular flexibility index (Phi) is 4.31. The average molecular weight is 234 g/mol. The summed E-state index contributed by atoms with van der Waals surface area (Å²) in [6.07, 6.45) is 5.88. The first-order chi connectivity index (χ1) is 8.25. The molecule has 1 saturated heterocycles. The standard InChI is InChI=1S/C13H22N4/c1-11(17-8-4-3-5-9-17)10-15-13-6-7-14-12(2)16-13/h6-7,11H,3-5,8-10H2,1-2H3,(H,14,15,16). The van der Waals surface area contributed by atoms with Crippen molar-refractivity contribution in [3.63, 3.8) is 0 Å². The Bertz CT molecular complexity index is 347. The highest BCUT2D eigenvalue weighted by atomic mass is 15.2. The Morgan fingerprint density at radius 3 is 2.82 bits per heavy atom. The van der Waals surface area contributed by atoms with Crippen molar-refractivity contribution in [2.45, 2.75) is 39.2 Å². The van der Waals surface area contributed by atoms with Crippen LogP contribution in [0.1, 0.15) is 32.0 Å². The lowest BCUT2D eigenvalue weighted by Gasteiger charge is -2.32. The minimum Gasteiger partial charge on any atom is -0.368 e. The van der Waals surface area contributed by atoms with E-state index in [4.69, 9.17) is 0 Å². The highest BCUT2D eigenvalue weighted by Gasteiger charge is 2.16. The first-order valence-corrected chi connectivity index (χ1v) is 6.53. The summed E-state index contributed by atoms with van der Waals surface area (Å²) in [6.45, 7) is 7.64. The Balaban J connectivity index is 1.80. The fraction of sp³-hybridized carbons (Fsp3) is 0.692. The molecular formula is C13H22N4. The molecule has 1 fully saturated rings. The van der Waals surface area contributed by atoms with Crippen LogP contribution in [0.4, 0.5) is 5.82 Å². The SMILES string of the molecule is Cc1nccc(NCC(C)N2CCCCC2)n1. The van der Waals surface area contributed by atoms with Gasteiger partial charge in [-0.15, -0.1) is 0 Å². The molecule has 2 heterocycles. The second-order valence-electron chi connectivity index (χ2n) is 4.82. The summed E-state index contributed by atoms with van der Waals surface area (Å²) in [4.78, 5) is 11.0. The topological polar surface area (TPSA) is 41.1 Å². The van der Waals surface area contributed by atoms with Gasteiger partial charge in [-0.1, -0.05) is 6.42 Å². The summed E-state index contributed by atoms with van der Waals surface area (Å²) in [5, 5.41) is 3.39. The van der Waals surface area contributed by atoms with Crippen LogP contribution in [0.2, 0.25) is 0 Å². The lowest BCUT2D eigenvalue weighted by atomic mass is 10.1. The number of hydrogen-bond donors (Lipinski definition) is 1. The highest BCUT2D eigenvalue weighted by molar-refractivity contribution is 5.32. The number of nitrogens with one attached hydrogen (secondary N) is 1. The summed E-state index contributed by atoms with van der Waals surface area (Å²) in [7, 11) is 0. The van der Waals surface area contributed by atoms with Gasteiger partial charge in [0.05, 0.1) is 0 Å². The van der Waals surface area contributed by atoms with E-state index < -0.39 is 0 Å². The van der Waals surface area contributed by atoms with Crippen molar-refractivity contribution >= 4 is 5.82 Å². The van der Waals surface area contributed by atoms with Gasteiger partial charge in [-0.3, -0.25) is 4.90 Å². The molecule has 0 saturated carbocycles. The molecule has 1 aliphatic rings. The van der Waals surface area contributed by atoms with Crippen LogP contribution < -0.4 is 5.32 Å². The van der Waals surface area contributed by atoms with E-state index in [0.29, 0.717) is 6.04 Å². The summed E-state index contributed by atoms with van der Waals surface area (Å²) < 4.78 is 0. The zero-order valence-corrected chi connectivity index (χ0v) is 10.8. The molecule has 1 N–H and O–H groups in total. The fourth-order valence-corrected chi connectivity index (χ4v) is 2.30. The minimum atomic E-state index is 0.575. The Hall–Kier alpha value is -1.16. The second kappa shape index (κ2) is 5.96. The molecule has 1 aromatic heterocycles. The molecule has 1 aliphatic heterocycles. The maximum Gasteiger partial charge on any atom is 0.129 e. The van der Waals surface area contributed by atoms with Gasteiger partial charge in [0.25, 0.3) is 0 Å². The number of aryl methyl sites for hydroxylation is 1. The largest absolute Gasteiger partial charge is 0.368 e. The van der Waals surface area contributed by atoms with Gasteiger partial charge in [-0.05, 0) is 45.8 Å². The van der Waals surface area contributed by atoms with E-state index >= 15 is 0 Å². The third-order valence-corrected chi connectivity index (χ3v) is 3.37. The number of rotatable bonds is 4. The van der Waals surface area contributed by atoms with Crippen LogP contribution in [-0.2, 0) is 0 Å². The molecule has 1 atom stereocenters. The summed E-state index contributed by atoms with van der Waals surface area (Å²) >= 11 is 0. The summed E-state index contributed by atoms with van der Waals surface area (Å²) in [5.41, 5.74) is 0. The van der Waals surface area contributed by atoms with Gasteiger partial charge in [-0.2, -0.15) is 0 Å². The van der Waals surface area contributed by atoms with Crippen LogP contribution in [0, 0.1) is 6.92 Å². The maximum absolute atomic E-state index is 4.35. The van der Waals surface area contributed by atoms with Crippen molar-refractivity contribution in [2.75, 3.05) is 25.0 Å². The average Bonchev–Trinajstić information content (AvgIpc) is 2.37. The van der Waals surface area contributed by atoms with Crippen molar-refractivity contribution in [3.05, 3.63) is 18.1 Å². The van der Waals surface area contributed by atoms with E-state index in [-0.39, 0.29) is 0 Å². The van der Waals surface area contributed by atoms with Crippen molar-refractivity contribution in [3.8, 4) is 0 Å². The monoisotopic (exact) mass is 234 g/mol. The molecule has 2 rings (SSSR count). The normalized spacial score (nSPS) is 18.9. The minimum absolute atomic E-state index is 0.575. The van der Waals surface area contributed by atoms with Gasteiger partial charge in [0.2, 0.25) is 0 Å². The van der Waals surface area contributed by atoms with Crippen molar-refractivity contribution in [1.29, 1.82) is 0 Å². The molecule has 0 amide bonds. The molecular weight excluding hydrogens is 212 g/mol. The van der Waals surface area contributed by atoms with Gasteiger partial charge in [0.15, 0.2) is 0 Å². The Morgan fingerprint density at radius 1 is 1.35 bits per heavy atom. The summed E-state index contributed by atoms with van der Waals surface area (Å²) in [5.74, 6) is 1.75. The molecule has 0 radical (unpaired) electrons. The number of hydrogen-bond acceptors (Lipinski definition) is 4. The van der Waals surface area contributed by atoms with E-state index in [1.807, 2.05) is 13.0 Å². The van der Waals surface area contributed by atoms with Gasteiger partial charge >= 0.3 is 0 Å². The maximum atomic E-state index is 4.35. The van der Waals surface area contributed by atoms with Gasteiger partial charge in [0, 0.05) is 18.8 Å². The molecule has 0 aromatic carbocycles. The van der Waals surface area contributed by atoms with Gasteiger partial charge < -0.3 is 5.32 Å². The number of likely N-dealkylation sites (tertiary alicyclic amines) is 1. The van der Waals surface area contributed by atoms with Crippen molar-refractivity contribution < 1.29 is 0 Å². The van der Waals surface area contributed by atoms with E-state index in [1.165, 1.54) is 32.4 Å². The molecule has 4 nitrogen and oxygen atoms in total. The molecule has 4 heteroatoms. The number of aromatic nitrogens is 2. The zero-order chi connectivity index (χ0) is 12.1. The second-order valence-corrected chi connectivity index (χ2v) is 4.82. The predicted octanol–water partition coefficient (Wildman–Crippen LogP) is 2.07. The number of piperidine rings is 1. The van der Waals surface area contributed by atoms with Crippen molar-refractivity contribution in [2.24, 2.45) is 0 Å². The van der Waals surface area contributed by atoms with Gasteiger partial charge in [0.1, 0.15) is 11.6 Å². The first kappa shape index (κ1) is 12.3. The third kappa shape index (κ3) is 3.66. The molecule has 0 spiro atoms. The first-order valence-electron chi connectivity index (χ1n) is 6.53. The number of nitrogens with zero attached hydrogens (tertiary/aromatic N) is 3.